The highest BCUT2D eigenvalue weighted by atomic mass is 16.5. The van der Waals surface area contributed by atoms with E-state index in [4.69, 9.17) is 4.74 Å². The van der Waals surface area contributed by atoms with Crippen molar-refractivity contribution in [1.29, 1.82) is 0 Å². The number of ether oxygens (including phenoxy) is 1. The number of methoxy groups -OCH3 is 1. The first-order chi connectivity index (χ1) is 14.0. The van der Waals surface area contributed by atoms with Crippen molar-refractivity contribution in [3.8, 4) is 11.4 Å². The van der Waals surface area contributed by atoms with Crippen LogP contribution in [-0.4, -0.2) is 45.7 Å². The van der Waals surface area contributed by atoms with Gasteiger partial charge in [0.2, 0.25) is 0 Å². The molecule has 0 aromatic carbocycles. The van der Waals surface area contributed by atoms with E-state index in [0.29, 0.717) is 17.2 Å². The molecule has 4 heterocycles. The molecule has 1 aliphatic heterocycles. The van der Waals surface area contributed by atoms with Gasteiger partial charge in [-0.3, -0.25) is 4.79 Å². The summed E-state index contributed by atoms with van der Waals surface area (Å²) >= 11 is 0. The predicted octanol–water partition coefficient (Wildman–Crippen LogP) is 2.57. The molecule has 0 spiro atoms. The van der Waals surface area contributed by atoms with Crippen LogP contribution in [0.15, 0.2) is 47.5 Å². The summed E-state index contributed by atoms with van der Waals surface area (Å²) in [6.07, 6.45) is 5.50. The fourth-order valence-corrected chi connectivity index (χ4v) is 3.79. The van der Waals surface area contributed by atoms with E-state index in [0.717, 1.165) is 37.3 Å². The van der Waals surface area contributed by atoms with E-state index in [2.05, 4.69) is 19.9 Å². The van der Waals surface area contributed by atoms with Gasteiger partial charge in [-0.2, -0.15) is 0 Å². The molecule has 1 fully saturated rings. The molecule has 0 atom stereocenters. The van der Waals surface area contributed by atoms with E-state index in [-0.39, 0.29) is 17.6 Å². The molecule has 8 nitrogen and oxygen atoms in total. The van der Waals surface area contributed by atoms with Crippen LogP contribution in [0.2, 0.25) is 0 Å². The van der Waals surface area contributed by atoms with Crippen LogP contribution in [0.4, 0.5) is 5.82 Å². The molecule has 0 radical (unpaired) electrons. The SMILES string of the molecule is COC(=O)c1cccn1C1CCN(c2ccc(-c3nc(C)cc(=O)[nH]3)cn2)CC1. The second-order valence-corrected chi connectivity index (χ2v) is 7.15. The number of aromatic amines is 1. The summed E-state index contributed by atoms with van der Waals surface area (Å²) in [7, 11) is 1.40. The zero-order chi connectivity index (χ0) is 20.4. The standard InChI is InChI=1S/C21H23N5O3/c1-14-12-19(27)24-20(23-14)15-5-6-18(22-13-15)25-10-7-16(8-11-25)26-9-3-4-17(26)21(28)29-2/h3-6,9,12-13,16H,7-8,10-11H2,1-2H3,(H,23,24,27). The van der Waals surface area contributed by atoms with Gasteiger partial charge in [0.1, 0.15) is 17.3 Å². The molecule has 29 heavy (non-hydrogen) atoms. The summed E-state index contributed by atoms with van der Waals surface area (Å²) in [5.41, 5.74) is 1.87. The van der Waals surface area contributed by atoms with E-state index >= 15 is 0 Å². The number of H-pyrrole nitrogens is 1. The van der Waals surface area contributed by atoms with Crippen LogP contribution in [0, 0.1) is 6.92 Å². The van der Waals surface area contributed by atoms with Crippen LogP contribution in [-0.2, 0) is 4.74 Å². The molecule has 3 aromatic rings. The lowest BCUT2D eigenvalue weighted by Gasteiger charge is -2.34. The van der Waals surface area contributed by atoms with Crippen molar-refractivity contribution in [2.24, 2.45) is 0 Å². The molecule has 4 rings (SSSR count). The number of carbonyl (C=O) groups is 1. The molecule has 0 saturated carbocycles. The number of piperidine rings is 1. The highest BCUT2D eigenvalue weighted by molar-refractivity contribution is 5.87. The smallest absolute Gasteiger partial charge is 0.354 e. The van der Waals surface area contributed by atoms with Gasteiger partial charge in [-0.1, -0.05) is 0 Å². The number of nitrogens with one attached hydrogen (secondary N) is 1. The molecule has 1 saturated heterocycles. The Bertz CT molecular complexity index is 1060. The van der Waals surface area contributed by atoms with Gasteiger partial charge in [-0.05, 0) is 44.0 Å². The summed E-state index contributed by atoms with van der Waals surface area (Å²) in [6, 6.07) is 9.27. The third kappa shape index (κ3) is 3.91. The van der Waals surface area contributed by atoms with Crippen LogP contribution in [0.5, 0.6) is 0 Å². The Morgan fingerprint density at radius 1 is 1.24 bits per heavy atom. The van der Waals surface area contributed by atoms with Gasteiger partial charge < -0.3 is 19.2 Å². The second kappa shape index (κ2) is 7.90. The van der Waals surface area contributed by atoms with Crippen molar-refractivity contribution < 1.29 is 9.53 Å². The lowest BCUT2D eigenvalue weighted by Crippen LogP contribution is -2.35. The number of anilines is 1. The third-order valence-electron chi connectivity index (χ3n) is 5.25. The summed E-state index contributed by atoms with van der Waals surface area (Å²) in [6.45, 7) is 3.48. The topological polar surface area (TPSA) is 93.1 Å². The van der Waals surface area contributed by atoms with Gasteiger partial charge in [0.25, 0.3) is 5.56 Å². The van der Waals surface area contributed by atoms with Gasteiger partial charge in [0.15, 0.2) is 0 Å². The molecular weight excluding hydrogens is 370 g/mol. The number of nitrogens with zero attached hydrogens (tertiary/aromatic N) is 4. The quantitative estimate of drug-likeness (QED) is 0.685. The van der Waals surface area contributed by atoms with Crippen molar-refractivity contribution in [2.45, 2.75) is 25.8 Å². The highest BCUT2D eigenvalue weighted by Gasteiger charge is 2.24. The van der Waals surface area contributed by atoms with Crippen molar-refractivity contribution in [1.82, 2.24) is 19.5 Å². The minimum absolute atomic E-state index is 0.171. The monoisotopic (exact) mass is 393 g/mol. The van der Waals surface area contributed by atoms with Crippen LogP contribution in [0.25, 0.3) is 11.4 Å². The van der Waals surface area contributed by atoms with Crippen LogP contribution < -0.4 is 10.5 Å². The maximum atomic E-state index is 11.9. The maximum Gasteiger partial charge on any atom is 0.354 e. The second-order valence-electron chi connectivity index (χ2n) is 7.15. The number of hydrogen-bond acceptors (Lipinski definition) is 6. The van der Waals surface area contributed by atoms with Crippen LogP contribution >= 0.6 is 0 Å². The lowest BCUT2D eigenvalue weighted by atomic mass is 10.0. The van der Waals surface area contributed by atoms with Gasteiger partial charge in [0, 0.05) is 48.8 Å². The average molecular weight is 393 g/mol. The predicted molar refractivity (Wildman–Crippen MR) is 109 cm³/mol. The average Bonchev–Trinajstić information content (AvgIpc) is 3.23. The molecule has 0 aliphatic carbocycles. The molecule has 3 aromatic heterocycles. The molecular formula is C21H23N5O3. The molecule has 150 valence electrons. The molecule has 1 aliphatic rings. The first-order valence-electron chi connectivity index (χ1n) is 9.59. The fraction of sp³-hybridized carbons (Fsp3) is 0.333. The van der Waals surface area contributed by atoms with Crippen LogP contribution in [0.3, 0.4) is 0 Å². The number of pyridine rings is 1. The Kier molecular flexibility index (Phi) is 5.16. The molecule has 0 bridgehead atoms. The zero-order valence-electron chi connectivity index (χ0n) is 16.5. The Balaban J connectivity index is 1.45. The first-order valence-corrected chi connectivity index (χ1v) is 9.59. The van der Waals surface area contributed by atoms with Gasteiger partial charge >= 0.3 is 5.97 Å². The summed E-state index contributed by atoms with van der Waals surface area (Å²) in [5.74, 6) is 1.11. The Morgan fingerprint density at radius 2 is 2.03 bits per heavy atom. The number of aromatic nitrogens is 4. The molecule has 0 amide bonds. The minimum Gasteiger partial charge on any atom is -0.464 e. The van der Waals surface area contributed by atoms with E-state index in [9.17, 15) is 9.59 Å². The number of rotatable bonds is 4. The van der Waals surface area contributed by atoms with Crippen molar-refractivity contribution in [3.63, 3.8) is 0 Å². The van der Waals surface area contributed by atoms with Crippen LogP contribution in [0.1, 0.15) is 35.1 Å². The minimum atomic E-state index is -0.308. The Hall–Kier alpha value is -3.42. The van der Waals surface area contributed by atoms with Crippen molar-refractivity contribution in [2.75, 3.05) is 25.1 Å². The van der Waals surface area contributed by atoms with E-state index < -0.39 is 0 Å². The maximum absolute atomic E-state index is 11.9. The number of hydrogen-bond donors (Lipinski definition) is 1. The molecule has 8 heteroatoms. The normalized spacial score (nSPS) is 14.8. The van der Waals surface area contributed by atoms with Crippen molar-refractivity contribution >= 4 is 11.8 Å². The summed E-state index contributed by atoms with van der Waals surface area (Å²) < 4.78 is 6.88. The Labute approximate surface area is 168 Å². The number of carbonyl (C=O) groups excluding carboxylic acids is 1. The summed E-state index contributed by atoms with van der Waals surface area (Å²) in [4.78, 5) is 37.5. The van der Waals surface area contributed by atoms with E-state index in [1.165, 1.54) is 13.2 Å². The zero-order valence-corrected chi connectivity index (χ0v) is 16.5. The van der Waals surface area contributed by atoms with Gasteiger partial charge in [0.05, 0.1) is 7.11 Å². The lowest BCUT2D eigenvalue weighted by molar-refractivity contribution is 0.0585. The number of esters is 1. The number of aryl methyl sites for hydroxylation is 1. The fourth-order valence-electron chi connectivity index (χ4n) is 3.79. The van der Waals surface area contributed by atoms with Crippen molar-refractivity contribution in [3.05, 3.63) is 64.5 Å². The molecule has 1 N–H and O–H groups in total. The third-order valence-corrected chi connectivity index (χ3v) is 5.25. The van der Waals surface area contributed by atoms with E-state index in [1.807, 2.05) is 29.0 Å². The Morgan fingerprint density at radius 3 is 2.69 bits per heavy atom. The largest absolute Gasteiger partial charge is 0.464 e. The summed E-state index contributed by atoms with van der Waals surface area (Å²) in [5, 5.41) is 0. The molecule has 0 unspecified atom stereocenters. The van der Waals surface area contributed by atoms with Gasteiger partial charge in [-0.25, -0.2) is 14.8 Å². The van der Waals surface area contributed by atoms with E-state index in [1.54, 1.807) is 19.2 Å². The highest BCUT2D eigenvalue weighted by Crippen LogP contribution is 2.28. The van der Waals surface area contributed by atoms with Gasteiger partial charge in [-0.15, -0.1) is 0 Å². The first kappa shape index (κ1) is 18.9.